The molecular formula is C16H17FN2O4S. The van der Waals surface area contributed by atoms with Crippen LogP contribution in [0.2, 0.25) is 0 Å². The van der Waals surface area contributed by atoms with Crippen molar-refractivity contribution >= 4 is 28.3 Å². The third-order valence-corrected chi connectivity index (χ3v) is 4.04. The van der Waals surface area contributed by atoms with Crippen molar-refractivity contribution in [2.75, 3.05) is 11.9 Å². The number of nitrogens with zero attached hydrogens (tertiary/aromatic N) is 1. The van der Waals surface area contributed by atoms with Crippen LogP contribution in [0.5, 0.6) is 5.75 Å². The lowest BCUT2D eigenvalue weighted by atomic mass is 10.3. The summed E-state index contributed by atoms with van der Waals surface area (Å²) in [5.41, 5.74) is 0.487. The van der Waals surface area contributed by atoms with Gasteiger partial charge in [-0.3, -0.25) is 10.1 Å². The summed E-state index contributed by atoms with van der Waals surface area (Å²) in [6.45, 7) is 5.20. The summed E-state index contributed by atoms with van der Waals surface area (Å²) in [6, 6.07) is 5.36. The molecule has 2 rings (SSSR count). The second kappa shape index (κ2) is 7.87. The van der Waals surface area contributed by atoms with E-state index in [-0.39, 0.29) is 17.6 Å². The number of esters is 1. The molecule has 0 spiro atoms. The van der Waals surface area contributed by atoms with E-state index in [1.54, 1.807) is 20.8 Å². The largest absolute Gasteiger partial charge is 0.481 e. The van der Waals surface area contributed by atoms with Gasteiger partial charge in [0.15, 0.2) is 11.2 Å². The highest BCUT2D eigenvalue weighted by Gasteiger charge is 2.20. The van der Waals surface area contributed by atoms with Crippen LogP contribution in [0.1, 0.15) is 29.2 Å². The minimum absolute atomic E-state index is 0.264. The Kier molecular flexibility index (Phi) is 5.86. The van der Waals surface area contributed by atoms with Crippen molar-refractivity contribution < 1.29 is 23.5 Å². The molecule has 1 aromatic heterocycles. The molecule has 0 fully saturated rings. The standard InChI is InChI=1S/C16H17FN2O4S/c1-4-22-15(21)13-9(2)18-16(24-13)19-14(20)10(3)23-12-7-5-11(17)6-8-12/h5-8,10H,4H2,1-3H3,(H,18,19,20)/t10-/m0/s1. The number of aromatic nitrogens is 1. The van der Waals surface area contributed by atoms with Crippen LogP contribution >= 0.6 is 11.3 Å². The Bertz CT molecular complexity index is 730. The average Bonchev–Trinajstić information content (AvgIpc) is 2.90. The third kappa shape index (κ3) is 4.51. The van der Waals surface area contributed by atoms with Gasteiger partial charge in [-0.15, -0.1) is 0 Å². The zero-order chi connectivity index (χ0) is 17.7. The molecule has 24 heavy (non-hydrogen) atoms. The number of carbonyl (C=O) groups is 2. The van der Waals surface area contributed by atoms with Gasteiger partial charge in [0.25, 0.3) is 5.91 Å². The Morgan fingerprint density at radius 3 is 2.62 bits per heavy atom. The molecule has 0 aliphatic rings. The number of aryl methyl sites for hydroxylation is 1. The van der Waals surface area contributed by atoms with E-state index in [0.29, 0.717) is 16.3 Å². The second-order valence-corrected chi connectivity index (χ2v) is 5.86. The highest BCUT2D eigenvalue weighted by Crippen LogP contribution is 2.24. The van der Waals surface area contributed by atoms with Crippen LogP contribution in [0.4, 0.5) is 9.52 Å². The van der Waals surface area contributed by atoms with Crippen LogP contribution < -0.4 is 10.1 Å². The number of rotatable bonds is 6. The predicted molar refractivity (Wildman–Crippen MR) is 87.9 cm³/mol. The number of thiazole rings is 1. The van der Waals surface area contributed by atoms with Crippen molar-refractivity contribution in [1.29, 1.82) is 0 Å². The number of benzene rings is 1. The summed E-state index contributed by atoms with van der Waals surface area (Å²) in [5, 5.41) is 2.88. The maximum absolute atomic E-state index is 12.9. The Balaban J connectivity index is 1.99. The maximum atomic E-state index is 12.9. The molecule has 1 atom stereocenters. The van der Waals surface area contributed by atoms with Gasteiger partial charge in [-0.25, -0.2) is 14.2 Å². The van der Waals surface area contributed by atoms with Gasteiger partial charge in [0.05, 0.1) is 12.3 Å². The van der Waals surface area contributed by atoms with E-state index in [2.05, 4.69) is 10.3 Å². The molecule has 128 valence electrons. The number of anilines is 1. The molecule has 0 saturated heterocycles. The second-order valence-electron chi connectivity index (χ2n) is 4.86. The molecule has 0 saturated carbocycles. The van der Waals surface area contributed by atoms with Crippen LogP contribution in [0.25, 0.3) is 0 Å². The Morgan fingerprint density at radius 1 is 1.33 bits per heavy atom. The minimum Gasteiger partial charge on any atom is -0.481 e. The summed E-state index contributed by atoms with van der Waals surface area (Å²) in [7, 11) is 0. The van der Waals surface area contributed by atoms with Crippen molar-refractivity contribution in [1.82, 2.24) is 4.98 Å². The first-order valence-electron chi connectivity index (χ1n) is 7.28. The molecule has 1 aromatic carbocycles. The van der Waals surface area contributed by atoms with Gasteiger partial charge in [-0.2, -0.15) is 0 Å². The Labute approximate surface area is 142 Å². The Hall–Kier alpha value is -2.48. The van der Waals surface area contributed by atoms with E-state index in [1.807, 2.05) is 0 Å². The molecule has 0 aliphatic carbocycles. The first-order valence-corrected chi connectivity index (χ1v) is 8.10. The molecule has 8 heteroatoms. The van der Waals surface area contributed by atoms with Crippen LogP contribution in [0.15, 0.2) is 24.3 Å². The van der Waals surface area contributed by atoms with Crippen LogP contribution in [0.3, 0.4) is 0 Å². The zero-order valence-corrected chi connectivity index (χ0v) is 14.3. The van der Waals surface area contributed by atoms with E-state index in [1.165, 1.54) is 24.3 Å². The fourth-order valence-electron chi connectivity index (χ4n) is 1.81. The SMILES string of the molecule is CCOC(=O)c1sc(NC(=O)[C@H](C)Oc2ccc(F)cc2)nc1C. The summed E-state index contributed by atoms with van der Waals surface area (Å²) in [4.78, 5) is 28.4. The van der Waals surface area contributed by atoms with Gasteiger partial charge >= 0.3 is 5.97 Å². The molecule has 0 bridgehead atoms. The van der Waals surface area contributed by atoms with E-state index >= 15 is 0 Å². The molecule has 1 amide bonds. The summed E-state index contributed by atoms with van der Waals surface area (Å²) in [5.74, 6) is -0.905. The van der Waals surface area contributed by atoms with Crippen LogP contribution in [-0.4, -0.2) is 29.6 Å². The quantitative estimate of drug-likeness (QED) is 0.808. The molecule has 0 aliphatic heterocycles. The molecule has 1 N–H and O–H groups in total. The molecule has 0 radical (unpaired) electrons. The van der Waals surface area contributed by atoms with Crippen LogP contribution in [-0.2, 0) is 9.53 Å². The first-order chi connectivity index (χ1) is 11.4. The molecule has 0 unspecified atom stereocenters. The van der Waals surface area contributed by atoms with Gasteiger partial charge in [0, 0.05) is 0 Å². The van der Waals surface area contributed by atoms with E-state index in [4.69, 9.17) is 9.47 Å². The third-order valence-electron chi connectivity index (χ3n) is 2.98. The van der Waals surface area contributed by atoms with Gasteiger partial charge in [-0.05, 0) is 45.0 Å². The lowest BCUT2D eigenvalue weighted by Crippen LogP contribution is -2.30. The van der Waals surface area contributed by atoms with E-state index in [0.717, 1.165) is 11.3 Å². The topological polar surface area (TPSA) is 77.5 Å². The average molecular weight is 352 g/mol. The van der Waals surface area contributed by atoms with Gasteiger partial charge in [0.2, 0.25) is 0 Å². The fraction of sp³-hybridized carbons (Fsp3) is 0.312. The smallest absolute Gasteiger partial charge is 0.350 e. The molecular weight excluding hydrogens is 335 g/mol. The summed E-state index contributed by atoms with van der Waals surface area (Å²) < 4.78 is 23.2. The molecule has 2 aromatic rings. The monoisotopic (exact) mass is 352 g/mol. The zero-order valence-electron chi connectivity index (χ0n) is 13.5. The normalized spacial score (nSPS) is 11.7. The van der Waals surface area contributed by atoms with Crippen molar-refractivity contribution in [3.63, 3.8) is 0 Å². The van der Waals surface area contributed by atoms with E-state index < -0.39 is 18.0 Å². The number of ether oxygens (including phenoxy) is 2. The van der Waals surface area contributed by atoms with Crippen molar-refractivity contribution in [3.05, 3.63) is 40.7 Å². The molecule has 6 nitrogen and oxygen atoms in total. The highest BCUT2D eigenvalue weighted by atomic mass is 32.1. The van der Waals surface area contributed by atoms with Crippen molar-refractivity contribution in [3.8, 4) is 5.75 Å². The summed E-state index contributed by atoms with van der Waals surface area (Å²) >= 11 is 1.04. The first kappa shape index (κ1) is 17.9. The minimum atomic E-state index is -0.814. The number of amides is 1. The maximum Gasteiger partial charge on any atom is 0.350 e. The van der Waals surface area contributed by atoms with Gasteiger partial charge < -0.3 is 9.47 Å². The van der Waals surface area contributed by atoms with Gasteiger partial charge in [0.1, 0.15) is 16.4 Å². The fourth-order valence-corrected chi connectivity index (χ4v) is 2.68. The summed E-state index contributed by atoms with van der Waals surface area (Å²) in [6.07, 6.45) is -0.814. The number of hydrogen-bond donors (Lipinski definition) is 1. The Morgan fingerprint density at radius 2 is 2.00 bits per heavy atom. The number of hydrogen-bond acceptors (Lipinski definition) is 6. The number of nitrogens with one attached hydrogen (secondary N) is 1. The van der Waals surface area contributed by atoms with Crippen molar-refractivity contribution in [2.24, 2.45) is 0 Å². The number of halogens is 1. The molecule has 1 heterocycles. The lowest BCUT2D eigenvalue weighted by Gasteiger charge is -2.13. The number of carbonyl (C=O) groups excluding carboxylic acids is 2. The van der Waals surface area contributed by atoms with Crippen LogP contribution in [0, 0.1) is 12.7 Å². The lowest BCUT2D eigenvalue weighted by molar-refractivity contribution is -0.122. The van der Waals surface area contributed by atoms with Crippen molar-refractivity contribution in [2.45, 2.75) is 26.9 Å². The predicted octanol–water partition coefficient (Wildman–Crippen LogP) is 3.17. The van der Waals surface area contributed by atoms with Gasteiger partial charge in [-0.1, -0.05) is 11.3 Å². The van der Waals surface area contributed by atoms with E-state index in [9.17, 15) is 14.0 Å². The highest BCUT2D eigenvalue weighted by molar-refractivity contribution is 7.17.